The lowest BCUT2D eigenvalue weighted by Crippen LogP contribution is -2.41. The van der Waals surface area contributed by atoms with Crippen LogP contribution in [0.5, 0.6) is 0 Å². The van der Waals surface area contributed by atoms with E-state index in [4.69, 9.17) is 0 Å². The number of hydrogen-bond acceptors (Lipinski definition) is 6. The average molecular weight is 395 g/mol. The van der Waals surface area contributed by atoms with Crippen LogP contribution in [0.3, 0.4) is 0 Å². The summed E-state index contributed by atoms with van der Waals surface area (Å²) in [4.78, 5) is 23.6. The molecule has 0 bridgehead atoms. The zero-order valence-electron chi connectivity index (χ0n) is 16.3. The molecular weight excluding hydrogens is 364 g/mol. The smallest absolute Gasteiger partial charge is 0.272 e. The summed E-state index contributed by atoms with van der Waals surface area (Å²) in [6.07, 6.45) is 7.64. The van der Waals surface area contributed by atoms with E-state index in [1.165, 1.54) is 25.7 Å². The van der Waals surface area contributed by atoms with Gasteiger partial charge in [-0.25, -0.2) is 18.4 Å². The molecule has 2 aliphatic rings. The fraction of sp³-hybridized carbons (Fsp3) is 0.737. The van der Waals surface area contributed by atoms with Crippen molar-refractivity contribution in [3.05, 3.63) is 17.5 Å². The molecule has 1 aliphatic heterocycles. The fourth-order valence-electron chi connectivity index (χ4n) is 4.08. The highest BCUT2D eigenvalue weighted by Gasteiger charge is 2.34. The number of anilines is 1. The SMILES string of the molecule is CCN(C(=O)c1cc(C)nc(NC2CCCCCC2)n1)C1CCS(=O)(=O)C1. The number of sulfone groups is 1. The van der Waals surface area contributed by atoms with Gasteiger partial charge in [0.15, 0.2) is 9.84 Å². The maximum absolute atomic E-state index is 13.0. The minimum atomic E-state index is -3.04. The number of aryl methyl sites for hydroxylation is 1. The molecule has 1 aliphatic carbocycles. The van der Waals surface area contributed by atoms with Crippen molar-refractivity contribution in [2.75, 3.05) is 23.4 Å². The van der Waals surface area contributed by atoms with Crippen LogP contribution in [0.15, 0.2) is 6.07 Å². The second-order valence-corrected chi connectivity index (χ2v) is 9.93. The summed E-state index contributed by atoms with van der Waals surface area (Å²) in [6, 6.07) is 1.77. The standard InChI is InChI=1S/C19H30N4O3S/c1-3-23(16-10-11-27(25,26)13-16)18(24)17-12-14(2)20-19(22-17)21-15-8-6-4-5-7-9-15/h12,15-16H,3-11,13H2,1-2H3,(H,20,21,22). The van der Waals surface area contributed by atoms with Crippen molar-refractivity contribution in [2.45, 2.75) is 70.9 Å². The molecule has 150 valence electrons. The van der Waals surface area contributed by atoms with Gasteiger partial charge in [0, 0.05) is 24.3 Å². The first-order valence-electron chi connectivity index (χ1n) is 10.0. The van der Waals surface area contributed by atoms with Crippen LogP contribution in [0.25, 0.3) is 0 Å². The number of rotatable bonds is 5. The molecule has 7 nitrogen and oxygen atoms in total. The molecule has 1 amide bonds. The van der Waals surface area contributed by atoms with Crippen molar-refractivity contribution in [1.29, 1.82) is 0 Å². The zero-order valence-corrected chi connectivity index (χ0v) is 17.1. The zero-order chi connectivity index (χ0) is 19.4. The Morgan fingerprint density at radius 1 is 1.19 bits per heavy atom. The molecule has 1 unspecified atom stereocenters. The lowest BCUT2D eigenvalue weighted by molar-refractivity contribution is 0.0702. The third-order valence-electron chi connectivity index (χ3n) is 5.51. The minimum Gasteiger partial charge on any atom is -0.351 e. The van der Waals surface area contributed by atoms with Gasteiger partial charge in [0.2, 0.25) is 5.95 Å². The molecule has 2 heterocycles. The van der Waals surface area contributed by atoms with Crippen molar-refractivity contribution in [3.8, 4) is 0 Å². The van der Waals surface area contributed by atoms with Gasteiger partial charge in [-0.3, -0.25) is 4.79 Å². The van der Waals surface area contributed by atoms with Gasteiger partial charge in [-0.1, -0.05) is 25.7 Å². The van der Waals surface area contributed by atoms with E-state index < -0.39 is 9.84 Å². The van der Waals surface area contributed by atoms with Gasteiger partial charge < -0.3 is 10.2 Å². The Morgan fingerprint density at radius 2 is 1.89 bits per heavy atom. The van der Waals surface area contributed by atoms with Gasteiger partial charge in [-0.2, -0.15) is 0 Å². The first-order valence-corrected chi connectivity index (χ1v) is 11.8. The molecule has 1 saturated carbocycles. The molecule has 1 N–H and O–H groups in total. The molecule has 27 heavy (non-hydrogen) atoms. The van der Waals surface area contributed by atoms with Gasteiger partial charge >= 0.3 is 0 Å². The average Bonchev–Trinajstić information content (AvgIpc) is 2.81. The lowest BCUT2D eigenvalue weighted by atomic mass is 10.1. The number of hydrogen-bond donors (Lipinski definition) is 1. The normalized spacial score (nSPS) is 23.0. The van der Waals surface area contributed by atoms with E-state index in [2.05, 4.69) is 15.3 Å². The highest BCUT2D eigenvalue weighted by atomic mass is 32.2. The van der Waals surface area contributed by atoms with Crippen molar-refractivity contribution in [1.82, 2.24) is 14.9 Å². The molecule has 8 heteroatoms. The maximum atomic E-state index is 13.0. The first-order chi connectivity index (χ1) is 12.9. The van der Waals surface area contributed by atoms with E-state index in [9.17, 15) is 13.2 Å². The summed E-state index contributed by atoms with van der Waals surface area (Å²) >= 11 is 0. The van der Waals surface area contributed by atoms with Gasteiger partial charge in [0.1, 0.15) is 5.69 Å². The fourth-order valence-corrected chi connectivity index (χ4v) is 5.82. The van der Waals surface area contributed by atoms with Gasteiger partial charge in [-0.15, -0.1) is 0 Å². The predicted molar refractivity (Wildman–Crippen MR) is 106 cm³/mol. The van der Waals surface area contributed by atoms with Crippen molar-refractivity contribution < 1.29 is 13.2 Å². The van der Waals surface area contributed by atoms with E-state index in [1.807, 2.05) is 13.8 Å². The molecule has 1 aromatic rings. The summed E-state index contributed by atoms with van der Waals surface area (Å²) in [6.45, 7) is 4.20. The molecule has 1 saturated heterocycles. The third kappa shape index (κ3) is 5.18. The van der Waals surface area contributed by atoms with E-state index in [-0.39, 0.29) is 23.5 Å². The van der Waals surface area contributed by atoms with Crippen LogP contribution in [0.2, 0.25) is 0 Å². The van der Waals surface area contributed by atoms with Crippen LogP contribution < -0.4 is 5.32 Å². The number of carbonyl (C=O) groups excluding carboxylic acids is 1. The van der Waals surface area contributed by atoms with Crippen molar-refractivity contribution in [2.24, 2.45) is 0 Å². The summed E-state index contributed by atoms with van der Waals surface area (Å²) in [5.41, 5.74) is 1.07. The van der Waals surface area contributed by atoms with Crippen LogP contribution in [-0.4, -0.2) is 59.3 Å². The topological polar surface area (TPSA) is 92.3 Å². The second-order valence-electron chi connectivity index (χ2n) is 7.70. The van der Waals surface area contributed by atoms with E-state index in [1.54, 1.807) is 11.0 Å². The van der Waals surface area contributed by atoms with E-state index in [0.717, 1.165) is 18.5 Å². The number of amides is 1. The second kappa shape index (κ2) is 8.54. The van der Waals surface area contributed by atoms with Crippen molar-refractivity contribution >= 4 is 21.7 Å². The summed E-state index contributed by atoms with van der Waals surface area (Å²) in [5.74, 6) is 0.483. The van der Waals surface area contributed by atoms with E-state index in [0.29, 0.717) is 30.6 Å². The van der Waals surface area contributed by atoms with Crippen LogP contribution in [0.1, 0.15) is 68.1 Å². The van der Waals surface area contributed by atoms with Gasteiger partial charge in [0.05, 0.1) is 11.5 Å². The monoisotopic (exact) mass is 394 g/mol. The Balaban J connectivity index is 1.76. The quantitative estimate of drug-likeness (QED) is 0.772. The molecule has 0 spiro atoms. The highest BCUT2D eigenvalue weighted by molar-refractivity contribution is 7.91. The Hall–Kier alpha value is -1.70. The largest absolute Gasteiger partial charge is 0.351 e. The summed E-state index contributed by atoms with van der Waals surface area (Å²) in [7, 11) is -3.04. The molecule has 1 atom stereocenters. The third-order valence-corrected chi connectivity index (χ3v) is 7.26. The molecule has 2 fully saturated rings. The number of nitrogens with one attached hydrogen (secondary N) is 1. The molecule has 0 aromatic carbocycles. The number of carbonyl (C=O) groups is 1. The molecule has 0 radical (unpaired) electrons. The summed E-state index contributed by atoms with van der Waals surface area (Å²) in [5, 5.41) is 3.41. The number of nitrogens with zero attached hydrogens (tertiary/aromatic N) is 3. The molecule has 3 rings (SSSR count). The Kier molecular flexibility index (Phi) is 6.34. The van der Waals surface area contributed by atoms with Crippen LogP contribution in [0.4, 0.5) is 5.95 Å². The molecule has 1 aromatic heterocycles. The van der Waals surface area contributed by atoms with Crippen LogP contribution in [-0.2, 0) is 9.84 Å². The highest BCUT2D eigenvalue weighted by Crippen LogP contribution is 2.22. The Bertz CT molecular complexity index is 773. The van der Waals surface area contributed by atoms with Crippen molar-refractivity contribution in [3.63, 3.8) is 0 Å². The van der Waals surface area contributed by atoms with E-state index >= 15 is 0 Å². The van der Waals surface area contributed by atoms with Crippen LogP contribution in [0, 0.1) is 6.92 Å². The van der Waals surface area contributed by atoms with Crippen LogP contribution >= 0.6 is 0 Å². The summed E-state index contributed by atoms with van der Waals surface area (Å²) < 4.78 is 23.6. The Morgan fingerprint density at radius 3 is 2.48 bits per heavy atom. The number of aromatic nitrogens is 2. The first kappa shape index (κ1) is 20.0. The Labute approximate surface area is 161 Å². The molecular formula is C19H30N4O3S. The van der Waals surface area contributed by atoms with Gasteiger partial charge in [-0.05, 0) is 39.2 Å². The maximum Gasteiger partial charge on any atom is 0.272 e. The predicted octanol–water partition coefficient (Wildman–Crippen LogP) is 2.57. The minimum absolute atomic E-state index is 0.0455. The lowest BCUT2D eigenvalue weighted by Gasteiger charge is -2.26. The van der Waals surface area contributed by atoms with Gasteiger partial charge in [0.25, 0.3) is 5.91 Å².